The van der Waals surface area contributed by atoms with Gasteiger partial charge in [-0.1, -0.05) is 26.7 Å². The number of carboxylic acids is 1. The van der Waals surface area contributed by atoms with Crippen molar-refractivity contribution in [3.05, 3.63) is 0 Å². The maximum Gasteiger partial charge on any atom is 0.326 e. The van der Waals surface area contributed by atoms with Gasteiger partial charge in [0.25, 0.3) is 0 Å². The predicted octanol–water partition coefficient (Wildman–Crippen LogP) is -2.21. The molecule has 0 aromatic carbocycles. The Balaban J connectivity index is 5.30. The quantitative estimate of drug-likeness (QED) is 0.124. The first kappa shape index (κ1) is 29.7. The lowest BCUT2D eigenvalue weighted by Gasteiger charge is -2.28. The SMILES string of the molecule is CCC(C)C(NC(=O)C(NC(=O)C(NC(=O)C(N)CCCCN)C(C)O)C(C)O)C(=O)O. The summed E-state index contributed by atoms with van der Waals surface area (Å²) in [4.78, 5) is 49.0. The molecule has 0 rings (SSSR count). The number of nitrogens with one attached hydrogen (secondary N) is 3. The topological polar surface area (TPSA) is 217 Å². The second-order valence-electron chi connectivity index (χ2n) is 8.05. The van der Waals surface area contributed by atoms with Crippen LogP contribution in [0.25, 0.3) is 0 Å². The largest absolute Gasteiger partial charge is 0.480 e. The van der Waals surface area contributed by atoms with Crippen molar-refractivity contribution in [2.24, 2.45) is 17.4 Å². The Bertz CT molecular complexity index is 629. The van der Waals surface area contributed by atoms with Gasteiger partial charge in [-0.25, -0.2) is 4.79 Å². The number of hydrogen-bond acceptors (Lipinski definition) is 8. The van der Waals surface area contributed by atoms with Gasteiger partial charge in [0.15, 0.2) is 0 Å². The molecule has 0 aliphatic heterocycles. The van der Waals surface area contributed by atoms with Crippen LogP contribution in [-0.2, 0) is 19.2 Å². The summed E-state index contributed by atoms with van der Waals surface area (Å²) in [7, 11) is 0. The summed E-state index contributed by atoms with van der Waals surface area (Å²) in [6.07, 6.45) is -0.608. The molecule has 32 heavy (non-hydrogen) atoms. The minimum absolute atomic E-state index is 0.335. The number of carbonyl (C=O) groups is 4. The van der Waals surface area contributed by atoms with Gasteiger partial charge in [-0.05, 0) is 39.2 Å². The van der Waals surface area contributed by atoms with E-state index in [0.29, 0.717) is 32.2 Å². The summed E-state index contributed by atoms with van der Waals surface area (Å²) in [5.74, 6) is -4.15. The minimum Gasteiger partial charge on any atom is -0.480 e. The van der Waals surface area contributed by atoms with E-state index in [0.717, 1.165) is 0 Å². The number of carboxylic acid groups (broad SMARTS) is 1. The summed E-state index contributed by atoms with van der Waals surface area (Å²) >= 11 is 0. The Morgan fingerprint density at radius 2 is 1.25 bits per heavy atom. The van der Waals surface area contributed by atoms with E-state index >= 15 is 0 Å². The highest BCUT2D eigenvalue weighted by Gasteiger charge is 2.35. The molecule has 3 amide bonds. The molecule has 7 unspecified atom stereocenters. The molecule has 0 radical (unpaired) electrons. The maximum absolute atomic E-state index is 12.7. The lowest BCUT2D eigenvalue weighted by molar-refractivity contribution is -0.144. The Labute approximate surface area is 188 Å². The van der Waals surface area contributed by atoms with Crippen LogP contribution in [0.4, 0.5) is 0 Å². The Morgan fingerprint density at radius 3 is 1.62 bits per heavy atom. The van der Waals surface area contributed by atoms with Crippen LogP contribution in [-0.4, -0.2) is 81.9 Å². The zero-order chi connectivity index (χ0) is 25.0. The highest BCUT2D eigenvalue weighted by molar-refractivity contribution is 5.94. The smallest absolute Gasteiger partial charge is 0.326 e. The Hall–Kier alpha value is -2.28. The number of amides is 3. The molecule has 0 fully saturated rings. The van der Waals surface area contributed by atoms with Crippen molar-refractivity contribution >= 4 is 23.7 Å². The van der Waals surface area contributed by atoms with Gasteiger partial charge in [-0.3, -0.25) is 14.4 Å². The van der Waals surface area contributed by atoms with E-state index in [-0.39, 0.29) is 0 Å². The van der Waals surface area contributed by atoms with Crippen LogP contribution in [0.1, 0.15) is 53.4 Å². The molecule has 0 spiro atoms. The number of hydrogen-bond donors (Lipinski definition) is 8. The van der Waals surface area contributed by atoms with Crippen LogP contribution >= 0.6 is 0 Å². The van der Waals surface area contributed by atoms with E-state index in [9.17, 15) is 34.5 Å². The fraction of sp³-hybridized carbons (Fsp3) is 0.800. The van der Waals surface area contributed by atoms with Crippen LogP contribution in [0.2, 0.25) is 0 Å². The number of aliphatic hydroxyl groups excluding tert-OH is 2. The number of aliphatic hydroxyl groups is 2. The molecule has 186 valence electrons. The van der Waals surface area contributed by atoms with Crippen LogP contribution in [0, 0.1) is 5.92 Å². The third-order valence-corrected chi connectivity index (χ3v) is 5.21. The van der Waals surface area contributed by atoms with E-state index in [2.05, 4.69) is 16.0 Å². The van der Waals surface area contributed by atoms with Gasteiger partial charge in [-0.15, -0.1) is 0 Å². The Morgan fingerprint density at radius 1 is 0.812 bits per heavy atom. The molecule has 12 nitrogen and oxygen atoms in total. The molecule has 0 saturated carbocycles. The number of rotatable bonds is 15. The summed E-state index contributed by atoms with van der Waals surface area (Å²) in [5, 5.41) is 36.2. The van der Waals surface area contributed by atoms with Crippen LogP contribution in [0.5, 0.6) is 0 Å². The van der Waals surface area contributed by atoms with Gasteiger partial charge in [0.1, 0.15) is 18.1 Å². The van der Waals surface area contributed by atoms with Crippen molar-refractivity contribution in [2.75, 3.05) is 6.54 Å². The molecule has 0 aromatic heterocycles. The summed E-state index contributed by atoms with van der Waals surface area (Å²) in [6.45, 7) is 6.37. The standard InChI is InChI=1S/C20H39N5O7/c1-5-10(2)14(20(31)32)23-18(29)16(12(4)27)25-19(30)15(11(3)26)24-17(28)13(22)8-6-7-9-21/h10-16,26-27H,5-9,21-22H2,1-4H3,(H,23,29)(H,24,28)(H,25,30)(H,31,32). The third kappa shape index (κ3) is 9.90. The van der Waals surface area contributed by atoms with E-state index in [1.54, 1.807) is 13.8 Å². The van der Waals surface area contributed by atoms with Gasteiger partial charge in [-0.2, -0.15) is 0 Å². The van der Waals surface area contributed by atoms with Crippen molar-refractivity contribution < 1.29 is 34.5 Å². The lowest BCUT2D eigenvalue weighted by Crippen LogP contribution is -2.62. The lowest BCUT2D eigenvalue weighted by atomic mass is 9.98. The predicted molar refractivity (Wildman–Crippen MR) is 117 cm³/mol. The minimum atomic E-state index is -1.51. The van der Waals surface area contributed by atoms with Crippen molar-refractivity contribution in [3.8, 4) is 0 Å². The molecule has 12 heteroatoms. The first-order valence-corrected chi connectivity index (χ1v) is 10.8. The normalized spacial score (nSPS) is 17.8. The fourth-order valence-corrected chi connectivity index (χ4v) is 2.88. The Kier molecular flexibility index (Phi) is 13.7. The van der Waals surface area contributed by atoms with Crippen molar-refractivity contribution in [2.45, 2.75) is 89.8 Å². The van der Waals surface area contributed by atoms with Crippen LogP contribution in [0.3, 0.4) is 0 Å². The first-order chi connectivity index (χ1) is 14.9. The summed E-state index contributed by atoms with van der Waals surface area (Å²) < 4.78 is 0. The van der Waals surface area contributed by atoms with Gasteiger partial charge >= 0.3 is 5.97 Å². The number of carbonyl (C=O) groups excluding carboxylic acids is 3. The molecular formula is C20H39N5O7. The van der Waals surface area contributed by atoms with E-state index in [1.165, 1.54) is 13.8 Å². The van der Waals surface area contributed by atoms with Gasteiger partial charge < -0.3 is 42.7 Å². The van der Waals surface area contributed by atoms with Gasteiger partial charge in [0, 0.05) is 0 Å². The van der Waals surface area contributed by atoms with Crippen molar-refractivity contribution in [1.29, 1.82) is 0 Å². The third-order valence-electron chi connectivity index (χ3n) is 5.21. The molecule has 7 atom stereocenters. The monoisotopic (exact) mass is 461 g/mol. The number of nitrogens with two attached hydrogens (primary N) is 2. The number of unbranched alkanes of at least 4 members (excludes halogenated alkanes) is 1. The molecular weight excluding hydrogens is 422 g/mol. The molecule has 0 saturated heterocycles. The highest BCUT2D eigenvalue weighted by Crippen LogP contribution is 2.09. The van der Waals surface area contributed by atoms with E-state index in [4.69, 9.17) is 11.5 Å². The maximum atomic E-state index is 12.7. The fourth-order valence-electron chi connectivity index (χ4n) is 2.88. The van der Waals surface area contributed by atoms with Gasteiger partial charge in [0.05, 0.1) is 18.2 Å². The zero-order valence-electron chi connectivity index (χ0n) is 19.2. The molecule has 0 aliphatic rings. The second-order valence-corrected chi connectivity index (χ2v) is 8.05. The molecule has 0 aromatic rings. The molecule has 10 N–H and O–H groups in total. The average molecular weight is 462 g/mol. The summed E-state index contributed by atoms with van der Waals surface area (Å²) in [6, 6.07) is -5.09. The van der Waals surface area contributed by atoms with Crippen molar-refractivity contribution in [1.82, 2.24) is 16.0 Å². The number of aliphatic carboxylic acids is 1. The van der Waals surface area contributed by atoms with E-state index < -0.39 is 66.0 Å². The zero-order valence-corrected chi connectivity index (χ0v) is 19.2. The highest BCUT2D eigenvalue weighted by atomic mass is 16.4. The first-order valence-electron chi connectivity index (χ1n) is 10.8. The average Bonchev–Trinajstić information content (AvgIpc) is 2.72. The van der Waals surface area contributed by atoms with Crippen LogP contribution < -0.4 is 27.4 Å². The van der Waals surface area contributed by atoms with Crippen LogP contribution in [0.15, 0.2) is 0 Å². The van der Waals surface area contributed by atoms with Crippen molar-refractivity contribution in [3.63, 3.8) is 0 Å². The second kappa shape index (κ2) is 14.7. The molecule has 0 heterocycles. The molecule has 0 aliphatic carbocycles. The molecule has 0 bridgehead atoms. The summed E-state index contributed by atoms with van der Waals surface area (Å²) in [5.41, 5.74) is 11.2. The van der Waals surface area contributed by atoms with E-state index in [1.807, 2.05) is 0 Å². The van der Waals surface area contributed by atoms with Gasteiger partial charge in [0.2, 0.25) is 17.7 Å².